The number of carbonyl (C=O) groups excluding carboxylic acids is 1. The smallest absolute Gasteiger partial charge is 0.261 e. The van der Waals surface area contributed by atoms with Gasteiger partial charge in [0.2, 0.25) is 5.91 Å². The molecule has 3 rings (SSSR count). The van der Waals surface area contributed by atoms with Gasteiger partial charge in [-0.25, -0.2) is 8.42 Å². The molecule has 1 atom stereocenters. The van der Waals surface area contributed by atoms with E-state index in [9.17, 15) is 13.2 Å². The molecule has 1 amide bonds. The number of nitrogens with one attached hydrogen (secondary N) is 2. The zero-order chi connectivity index (χ0) is 23.3. The molecule has 3 aromatic rings. The van der Waals surface area contributed by atoms with Crippen molar-refractivity contribution in [3.8, 4) is 5.75 Å². The van der Waals surface area contributed by atoms with Crippen molar-refractivity contribution in [3.05, 3.63) is 77.3 Å². The molecule has 0 aliphatic carbocycles. The van der Waals surface area contributed by atoms with Crippen LogP contribution < -0.4 is 14.8 Å². The van der Waals surface area contributed by atoms with Crippen molar-refractivity contribution in [1.29, 1.82) is 0 Å². The molecule has 168 valence electrons. The standard InChI is InChI=1S/C23H23ClN2O4S2/c1-15-4-11-20(12-5-15)32(28,29)26-18-7-9-19(10-8-18)31-16(2)23(27)25-21-14-17(24)6-13-22(21)30-3/h4-14,16,26H,1-3H3,(H,25,27). The molecule has 0 saturated carbocycles. The van der Waals surface area contributed by atoms with E-state index in [4.69, 9.17) is 16.3 Å². The molecular weight excluding hydrogens is 468 g/mol. The summed E-state index contributed by atoms with van der Waals surface area (Å²) in [5.74, 6) is 0.310. The van der Waals surface area contributed by atoms with Crippen LogP contribution in [0.4, 0.5) is 11.4 Å². The Labute approximate surface area is 197 Å². The van der Waals surface area contributed by atoms with Crippen LogP contribution in [0.2, 0.25) is 5.02 Å². The summed E-state index contributed by atoms with van der Waals surface area (Å²) in [5.41, 5.74) is 1.92. The number of hydrogen-bond donors (Lipinski definition) is 2. The average Bonchev–Trinajstić information content (AvgIpc) is 2.75. The molecule has 0 aromatic heterocycles. The van der Waals surface area contributed by atoms with E-state index in [0.29, 0.717) is 22.1 Å². The molecule has 1 unspecified atom stereocenters. The van der Waals surface area contributed by atoms with E-state index >= 15 is 0 Å². The molecule has 6 nitrogen and oxygen atoms in total. The van der Waals surface area contributed by atoms with Gasteiger partial charge in [-0.1, -0.05) is 29.3 Å². The lowest BCUT2D eigenvalue weighted by Gasteiger charge is -2.15. The van der Waals surface area contributed by atoms with Gasteiger partial charge in [-0.15, -0.1) is 11.8 Å². The van der Waals surface area contributed by atoms with E-state index in [1.165, 1.54) is 18.9 Å². The Hall–Kier alpha value is -2.68. The van der Waals surface area contributed by atoms with Crippen molar-refractivity contribution in [2.45, 2.75) is 28.9 Å². The van der Waals surface area contributed by atoms with Crippen LogP contribution in [0.5, 0.6) is 5.75 Å². The Morgan fingerprint density at radius 1 is 1.03 bits per heavy atom. The van der Waals surface area contributed by atoms with E-state index in [-0.39, 0.29) is 10.8 Å². The normalized spacial score (nSPS) is 12.1. The third-order valence-electron chi connectivity index (χ3n) is 4.54. The highest BCUT2D eigenvalue weighted by Crippen LogP contribution is 2.30. The maximum absolute atomic E-state index is 12.6. The fourth-order valence-electron chi connectivity index (χ4n) is 2.80. The molecule has 0 radical (unpaired) electrons. The number of ether oxygens (including phenoxy) is 1. The number of thioether (sulfide) groups is 1. The molecule has 0 aliphatic rings. The second-order valence-corrected chi connectivity index (χ2v) is 10.6. The fourth-order valence-corrected chi connectivity index (χ4v) is 4.90. The summed E-state index contributed by atoms with van der Waals surface area (Å²) in [4.78, 5) is 13.6. The van der Waals surface area contributed by atoms with E-state index in [1.54, 1.807) is 73.7 Å². The van der Waals surface area contributed by atoms with Crippen LogP contribution in [-0.2, 0) is 14.8 Å². The van der Waals surface area contributed by atoms with Gasteiger partial charge in [0.1, 0.15) is 5.75 Å². The van der Waals surface area contributed by atoms with Gasteiger partial charge in [0.15, 0.2) is 0 Å². The number of halogens is 1. The predicted molar refractivity (Wildman–Crippen MR) is 130 cm³/mol. The van der Waals surface area contributed by atoms with Crippen molar-refractivity contribution in [1.82, 2.24) is 0 Å². The lowest BCUT2D eigenvalue weighted by atomic mass is 10.2. The molecule has 2 N–H and O–H groups in total. The number of methoxy groups -OCH3 is 1. The van der Waals surface area contributed by atoms with Gasteiger partial charge >= 0.3 is 0 Å². The van der Waals surface area contributed by atoms with Crippen LogP contribution >= 0.6 is 23.4 Å². The average molecular weight is 491 g/mol. The largest absolute Gasteiger partial charge is 0.495 e. The molecule has 3 aromatic carbocycles. The summed E-state index contributed by atoms with van der Waals surface area (Å²) in [6.45, 7) is 3.68. The number of anilines is 2. The van der Waals surface area contributed by atoms with E-state index < -0.39 is 15.3 Å². The molecule has 0 bridgehead atoms. The third kappa shape index (κ3) is 6.18. The van der Waals surface area contributed by atoms with Gasteiger partial charge in [0.05, 0.1) is 22.9 Å². The summed E-state index contributed by atoms with van der Waals surface area (Å²) in [7, 11) is -2.15. The van der Waals surface area contributed by atoms with Gasteiger partial charge in [-0.2, -0.15) is 0 Å². The van der Waals surface area contributed by atoms with Crippen molar-refractivity contribution in [2.75, 3.05) is 17.1 Å². The lowest BCUT2D eigenvalue weighted by Crippen LogP contribution is -2.22. The van der Waals surface area contributed by atoms with E-state index in [2.05, 4.69) is 10.0 Å². The third-order valence-corrected chi connectivity index (χ3v) is 7.28. The van der Waals surface area contributed by atoms with Crippen LogP contribution in [0, 0.1) is 6.92 Å². The monoisotopic (exact) mass is 490 g/mol. The lowest BCUT2D eigenvalue weighted by molar-refractivity contribution is -0.115. The Morgan fingerprint density at radius 3 is 2.31 bits per heavy atom. The van der Waals surface area contributed by atoms with Gasteiger partial charge in [-0.05, 0) is 68.4 Å². The highest BCUT2D eigenvalue weighted by atomic mass is 35.5. The number of hydrogen-bond acceptors (Lipinski definition) is 5. The SMILES string of the molecule is COc1ccc(Cl)cc1NC(=O)C(C)Sc1ccc(NS(=O)(=O)c2ccc(C)cc2)cc1. The first kappa shape index (κ1) is 24.0. The first-order valence-electron chi connectivity index (χ1n) is 9.68. The Balaban J connectivity index is 1.63. The molecule has 9 heteroatoms. The maximum atomic E-state index is 12.6. The molecule has 0 heterocycles. The molecular formula is C23H23ClN2O4S2. The van der Waals surface area contributed by atoms with Crippen LogP contribution in [-0.4, -0.2) is 26.7 Å². The molecule has 0 saturated heterocycles. The number of sulfonamides is 1. The highest BCUT2D eigenvalue weighted by Gasteiger charge is 2.18. The topological polar surface area (TPSA) is 84.5 Å². The van der Waals surface area contributed by atoms with Crippen LogP contribution in [0.3, 0.4) is 0 Å². The number of benzene rings is 3. The summed E-state index contributed by atoms with van der Waals surface area (Å²) >= 11 is 7.36. The van der Waals surface area contributed by atoms with Crippen molar-refractivity contribution < 1.29 is 17.9 Å². The van der Waals surface area contributed by atoms with E-state index in [1.807, 2.05) is 6.92 Å². The minimum atomic E-state index is -3.67. The summed E-state index contributed by atoms with van der Waals surface area (Å²) in [6.07, 6.45) is 0. The van der Waals surface area contributed by atoms with Crippen LogP contribution in [0.1, 0.15) is 12.5 Å². The van der Waals surface area contributed by atoms with Crippen molar-refractivity contribution in [3.63, 3.8) is 0 Å². The minimum absolute atomic E-state index is 0.197. The molecule has 32 heavy (non-hydrogen) atoms. The molecule has 0 fully saturated rings. The van der Waals surface area contributed by atoms with Gasteiger partial charge < -0.3 is 10.1 Å². The maximum Gasteiger partial charge on any atom is 0.261 e. The summed E-state index contributed by atoms with van der Waals surface area (Å²) < 4.78 is 32.9. The molecule has 0 spiro atoms. The second-order valence-electron chi connectivity index (χ2n) is 7.04. The Bertz CT molecular complexity index is 1200. The first-order valence-corrected chi connectivity index (χ1v) is 12.4. The van der Waals surface area contributed by atoms with E-state index in [0.717, 1.165) is 10.5 Å². The Kier molecular flexibility index (Phi) is 7.71. The van der Waals surface area contributed by atoms with Gasteiger partial charge in [-0.3, -0.25) is 9.52 Å². The zero-order valence-corrected chi connectivity index (χ0v) is 20.1. The minimum Gasteiger partial charge on any atom is -0.495 e. The highest BCUT2D eigenvalue weighted by molar-refractivity contribution is 8.00. The second kappa shape index (κ2) is 10.3. The first-order chi connectivity index (χ1) is 15.2. The van der Waals surface area contributed by atoms with Gasteiger partial charge in [0, 0.05) is 15.6 Å². The van der Waals surface area contributed by atoms with Crippen molar-refractivity contribution >= 4 is 50.7 Å². The number of rotatable bonds is 8. The van der Waals surface area contributed by atoms with Crippen molar-refractivity contribution in [2.24, 2.45) is 0 Å². The summed E-state index contributed by atoms with van der Waals surface area (Å²) in [5, 5.41) is 2.91. The number of amides is 1. The Morgan fingerprint density at radius 2 is 1.69 bits per heavy atom. The number of aryl methyl sites for hydroxylation is 1. The fraction of sp³-hybridized carbons (Fsp3) is 0.174. The molecule has 0 aliphatic heterocycles. The van der Waals surface area contributed by atoms with Crippen LogP contribution in [0.15, 0.2) is 76.5 Å². The van der Waals surface area contributed by atoms with Gasteiger partial charge in [0.25, 0.3) is 10.0 Å². The quantitative estimate of drug-likeness (QED) is 0.403. The summed E-state index contributed by atoms with van der Waals surface area (Å²) in [6, 6.07) is 18.5. The zero-order valence-electron chi connectivity index (χ0n) is 17.8. The number of carbonyl (C=O) groups is 1. The predicted octanol–water partition coefficient (Wildman–Crippen LogP) is 5.58. The van der Waals surface area contributed by atoms with Crippen LogP contribution in [0.25, 0.3) is 0 Å².